The Morgan fingerprint density at radius 1 is 1.19 bits per heavy atom. The molecule has 0 amide bonds. The highest BCUT2D eigenvalue weighted by Gasteiger charge is 2.09. The fourth-order valence-corrected chi connectivity index (χ4v) is 1.76. The van der Waals surface area contributed by atoms with Gasteiger partial charge in [0.1, 0.15) is 11.6 Å². The number of aliphatic hydroxyl groups is 1. The van der Waals surface area contributed by atoms with Gasteiger partial charge in [0.25, 0.3) is 0 Å². The van der Waals surface area contributed by atoms with Gasteiger partial charge in [-0.25, -0.2) is 8.78 Å². The quantitative estimate of drug-likeness (QED) is 0.790. The number of benzene rings is 1. The van der Waals surface area contributed by atoms with Crippen LogP contribution in [0.4, 0.5) is 8.78 Å². The molecule has 1 unspecified atom stereocenters. The van der Waals surface area contributed by atoms with Gasteiger partial charge in [0, 0.05) is 5.56 Å². The molecule has 1 aromatic rings. The van der Waals surface area contributed by atoms with Crippen molar-refractivity contribution in [3.63, 3.8) is 0 Å². The first-order valence-electron chi connectivity index (χ1n) is 5.76. The summed E-state index contributed by atoms with van der Waals surface area (Å²) in [6, 6.07) is 3.89. The van der Waals surface area contributed by atoms with Crippen molar-refractivity contribution in [1.82, 2.24) is 0 Å². The lowest BCUT2D eigenvalue weighted by molar-refractivity contribution is 0.151. The van der Waals surface area contributed by atoms with E-state index in [2.05, 4.69) is 0 Å². The third kappa shape index (κ3) is 3.89. The van der Waals surface area contributed by atoms with Gasteiger partial charge >= 0.3 is 0 Å². The first-order valence-corrected chi connectivity index (χ1v) is 5.76. The van der Waals surface area contributed by atoms with Crippen molar-refractivity contribution in [3.8, 4) is 0 Å². The molecule has 0 saturated carbocycles. The van der Waals surface area contributed by atoms with Gasteiger partial charge in [-0.1, -0.05) is 19.4 Å². The molecular formula is C13H18F2O. The average Bonchev–Trinajstić information content (AvgIpc) is 2.23. The summed E-state index contributed by atoms with van der Waals surface area (Å²) in [5.41, 5.74) is 0.131. The Kier molecular flexibility index (Phi) is 5.39. The molecule has 1 atom stereocenters. The number of rotatable bonds is 6. The van der Waals surface area contributed by atoms with Crippen molar-refractivity contribution in [3.05, 3.63) is 35.4 Å². The van der Waals surface area contributed by atoms with E-state index in [9.17, 15) is 13.9 Å². The van der Waals surface area contributed by atoms with E-state index in [0.717, 1.165) is 12.8 Å². The predicted octanol–water partition coefficient (Wildman–Crippen LogP) is 3.45. The van der Waals surface area contributed by atoms with Crippen LogP contribution in [0.15, 0.2) is 18.2 Å². The van der Waals surface area contributed by atoms with Crippen molar-refractivity contribution in [1.29, 1.82) is 0 Å². The van der Waals surface area contributed by atoms with Gasteiger partial charge in [-0.2, -0.15) is 0 Å². The zero-order valence-electron chi connectivity index (χ0n) is 9.55. The van der Waals surface area contributed by atoms with E-state index in [1.54, 1.807) is 0 Å². The van der Waals surface area contributed by atoms with E-state index in [1.807, 2.05) is 6.92 Å². The van der Waals surface area contributed by atoms with Gasteiger partial charge in [-0.3, -0.25) is 0 Å². The van der Waals surface area contributed by atoms with Gasteiger partial charge in [-0.05, 0) is 37.8 Å². The van der Waals surface area contributed by atoms with Crippen LogP contribution < -0.4 is 0 Å². The van der Waals surface area contributed by atoms with Crippen LogP contribution in [0.1, 0.15) is 38.2 Å². The molecule has 0 saturated heterocycles. The molecule has 0 spiro atoms. The van der Waals surface area contributed by atoms with Gasteiger partial charge in [0.2, 0.25) is 0 Å². The average molecular weight is 228 g/mol. The Morgan fingerprint density at radius 2 is 1.81 bits per heavy atom. The molecule has 1 N–H and O–H groups in total. The molecule has 0 bridgehead atoms. The third-order valence-corrected chi connectivity index (χ3v) is 2.65. The monoisotopic (exact) mass is 228 g/mol. The molecule has 0 aliphatic rings. The van der Waals surface area contributed by atoms with Crippen LogP contribution in [0.25, 0.3) is 0 Å². The predicted molar refractivity (Wildman–Crippen MR) is 60.2 cm³/mol. The molecule has 0 heterocycles. The van der Waals surface area contributed by atoms with Crippen molar-refractivity contribution >= 4 is 0 Å². The first-order chi connectivity index (χ1) is 7.65. The van der Waals surface area contributed by atoms with Crippen LogP contribution in [0.2, 0.25) is 0 Å². The SMILES string of the molecule is CCCC(O)CCCc1c(F)cccc1F. The summed E-state index contributed by atoms with van der Waals surface area (Å²) in [7, 11) is 0. The Labute approximate surface area is 95.1 Å². The maximum atomic E-state index is 13.2. The Balaban J connectivity index is 2.43. The van der Waals surface area contributed by atoms with E-state index in [1.165, 1.54) is 18.2 Å². The fraction of sp³-hybridized carbons (Fsp3) is 0.538. The minimum atomic E-state index is -0.495. The molecule has 1 aromatic carbocycles. The van der Waals surface area contributed by atoms with Crippen LogP contribution >= 0.6 is 0 Å². The second-order valence-electron chi connectivity index (χ2n) is 4.03. The Morgan fingerprint density at radius 3 is 2.38 bits per heavy atom. The molecule has 1 rings (SSSR count). The number of aliphatic hydroxyl groups excluding tert-OH is 1. The van der Waals surface area contributed by atoms with Crippen LogP contribution in [0, 0.1) is 11.6 Å². The maximum Gasteiger partial charge on any atom is 0.129 e. The molecular weight excluding hydrogens is 210 g/mol. The summed E-state index contributed by atoms with van der Waals surface area (Å²) < 4.78 is 26.4. The van der Waals surface area contributed by atoms with Crippen LogP contribution in [0.3, 0.4) is 0 Å². The zero-order chi connectivity index (χ0) is 12.0. The fourth-order valence-electron chi connectivity index (χ4n) is 1.76. The lowest BCUT2D eigenvalue weighted by atomic mass is 10.0. The number of hydrogen-bond donors (Lipinski definition) is 1. The normalized spacial score (nSPS) is 12.8. The summed E-state index contributed by atoms with van der Waals surface area (Å²) in [6.45, 7) is 2.00. The highest BCUT2D eigenvalue weighted by molar-refractivity contribution is 5.19. The first kappa shape index (κ1) is 13.1. The molecule has 3 heteroatoms. The molecule has 0 aliphatic carbocycles. The van der Waals surface area contributed by atoms with Crippen molar-refractivity contribution in [2.75, 3.05) is 0 Å². The molecule has 90 valence electrons. The minimum absolute atomic E-state index is 0.131. The van der Waals surface area contributed by atoms with Gasteiger partial charge in [0.15, 0.2) is 0 Å². The molecule has 0 aliphatic heterocycles. The van der Waals surface area contributed by atoms with Gasteiger partial charge < -0.3 is 5.11 Å². The zero-order valence-corrected chi connectivity index (χ0v) is 9.55. The lowest BCUT2D eigenvalue weighted by Gasteiger charge is -2.09. The summed E-state index contributed by atoms with van der Waals surface area (Å²) >= 11 is 0. The number of halogens is 2. The molecule has 16 heavy (non-hydrogen) atoms. The van der Waals surface area contributed by atoms with E-state index in [0.29, 0.717) is 19.3 Å². The Bertz CT molecular complexity index is 305. The molecule has 0 fully saturated rings. The van der Waals surface area contributed by atoms with Gasteiger partial charge in [0.05, 0.1) is 6.10 Å². The molecule has 0 aromatic heterocycles. The summed E-state index contributed by atoms with van der Waals surface area (Å²) in [5.74, 6) is -0.991. The van der Waals surface area contributed by atoms with E-state index in [4.69, 9.17) is 0 Å². The van der Waals surface area contributed by atoms with Crippen molar-refractivity contribution < 1.29 is 13.9 Å². The van der Waals surface area contributed by atoms with E-state index < -0.39 is 11.6 Å². The summed E-state index contributed by atoms with van der Waals surface area (Å²) in [6.07, 6.45) is 2.88. The van der Waals surface area contributed by atoms with E-state index >= 15 is 0 Å². The second-order valence-corrected chi connectivity index (χ2v) is 4.03. The summed E-state index contributed by atoms with van der Waals surface area (Å²) in [4.78, 5) is 0. The van der Waals surface area contributed by atoms with Crippen LogP contribution in [-0.2, 0) is 6.42 Å². The lowest BCUT2D eigenvalue weighted by Crippen LogP contribution is -2.06. The van der Waals surface area contributed by atoms with Crippen LogP contribution in [-0.4, -0.2) is 11.2 Å². The maximum absolute atomic E-state index is 13.2. The third-order valence-electron chi connectivity index (χ3n) is 2.65. The standard InChI is InChI=1S/C13H18F2O/c1-2-5-10(16)6-3-7-11-12(14)8-4-9-13(11)15/h4,8-10,16H,2-3,5-7H2,1H3. The van der Waals surface area contributed by atoms with Gasteiger partial charge in [-0.15, -0.1) is 0 Å². The van der Waals surface area contributed by atoms with Crippen molar-refractivity contribution in [2.45, 2.75) is 45.1 Å². The second kappa shape index (κ2) is 6.59. The Hall–Kier alpha value is -0.960. The number of hydrogen-bond acceptors (Lipinski definition) is 1. The topological polar surface area (TPSA) is 20.2 Å². The summed E-state index contributed by atoms with van der Waals surface area (Å²) in [5, 5.41) is 9.48. The largest absolute Gasteiger partial charge is 0.393 e. The molecule has 1 nitrogen and oxygen atoms in total. The van der Waals surface area contributed by atoms with E-state index in [-0.39, 0.29) is 11.7 Å². The minimum Gasteiger partial charge on any atom is -0.393 e. The highest BCUT2D eigenvalue weighted by Crippen LogP contribution is 2.16. The highest BCUT2D eigenvalue weighted by atomic mass is 19.1. The van der Waals surface area contributed by atoms with Crippen molar-refractivity contribution in [2.24, 2.45) is 0 Å². The molecule has 0 radical (unpaired) electrons. The van der Waals surface area contributed by atoms with Crippen LogP contribution in [0.5, 0.6) is 0 Å². The smallest absolute Gasteiger partial charge is 0.129 e.